The molecule has 2 unspecified atom stereocenters. The molecule has 0 aromatic heterocycles. The second-order valence-corrected chi connectivity index (χ2v) is 6.49. The van der Waals surface area contributed by atoms with Crippen molar-refractivity contribution in [2.75, 3.05) is 6.54 Å². The van der Waals surface area contributed by atoms with E-state index >= 15 is 0 Å². The van der Waals surface area contributed by atoms with Crippen LogP contribution in [0.5, 0.6) is 0 Å². The van der Waals surface area contributed by atoms with Crippen LogP contribution in [-0.4, -0.2) is 12.1 Å². The van der Waals surface area contributed by atoms with Crippen molar-refractivity contribution < 1.29 is 0 Å². The summed E-state index contributed by atoms with van der Waals surface area (Å²) < 4.78 is 0. The molecule has 2 aliphatic rings. The van der Waals surface area contributed by atoms with E-state index in [1.807, 2.05) is 0 Å². The molecule has 1 saturated heterocycles. The minimum Gasteiger partial charge on any atom is -0.311 e. The zero-order valence-electron chi connectivity index (χ0n) is 9.54. The Labute approximate surface area is 82.3 Å². The molecule has 1 N–H and O–H groups in total. The molecule has 0 radical (unpaired) electrons. The predicted molar refractivity (Wildman–Crippen MR) is 56.8 cm³/mol. The molecule has 1 heterocycles. The maximum absolute atomic E-state index is 3.78. The summed E-state index contributed by atoms with van der Waals surface area (Å²) in [6, 6.07) is 0. The normalized spacial score (nSPS) is 48.0. The monoisotopic (exact) mass is 181 g/mol. The van der Waals surface area contributed by atoms with Crippen molar-refractivity contribution in [3.8, 4) is 0 Å². The fraction of sp³-hybridized carbons (Fsp3) is 1.00. The topological polar surface area (TPSA) is 12.0 Å². The van der Waals surface area contributed by atoms with Crippen LogP contribution in [-0.2, 0) is 0 Å². The minimum absolute atomic E-state index is 0.483. The van der Waals surface area contributed by atoms with Crippen LogP contribution in [0.4, 0.5) is 0 Å². The molecule has 1 saturated carbocycles. The van der Waals surface area contributed by atoms with Crippen molar-refractivity contribution in [1.29, 1.82) is 0 Å². The SMILES string of the molecule is CCC12CC(C)(C)CC(C)(CN1)C2. The van der Waals surface area contributed by atoms with E-state index in [1.165, 1.54) is 32.2 Å². The van der Waals surface area contributed by atoms with Crippen molar-refractivity contribution in [3.63, 3.8) is 0 Å². The number of hydrogen-bond acceptors (Lipinski definition) is 1. The van der Waals surface area contributed by atoms with E-state index in [0.717, 1.165) is 0 Å². The van der Waals surface area contributed by atoms with Gasteiger partial charge in [-0.25, -0.2) is 0 Å². The predicted octanol–water partition coefficient (Wildman–Crippen LogP) is 2.95. The number of rotatable bonds is 1. The van der Waals surface area contributed by atoms with E-state index in [2.05, 4.69) is 33.0 Å². The Morgan fingerprint density at radius 3 is 2.38 bits per heavy atom. The first-order valence-electron chi connectivity index (χ1n) is 5.64. The summed E-state index contributed by atoms with van der Waals surface area (Å²) in [5.74, 6) is 0. The van der Waals surface area contributed by atoms with Crippen molar-refractivity contribution >= 4 is 0 Å². The number of fused-ring (bicyclic) bond motifs is 2. The number of hydrogen-bond donors (Lipinski definition) is 1. The molecule has 2 rings (SSSR count). The Balaban J connectivity index is 2.27. The van der Waals surface area contributed by atoms with Gasteiger partial charge in [-0.1, -0.05) is 27.7 Å². The average molecular weight is 181 g/mol. The first-order valence-corrected chi connectivity index (χ1v) is 5.64. The van der Waals surface area contributed by atoms with Gasteiger partial charge in [0.05, 0.1) is 0 Å². The molecule has 1 nitrogen and oxygen atoms in total. The molecule has 1 aliphatic heterocycles. The number of nitrogens with one attached hydrogen (secondary N) is 1. The molecular formula is C12H23N. The maximum atomic E-state index is 3.78. The van der Waals surface area contributed by atoms with Gasteiger partial charge >= 0.3 is 0 Å². The summed E-state index contributed by atoms with van der Waals surface area (Å²) in [5.41, 5.74) is 1.61. The second-order valence-electron chi connectivity index (χ2n) is 6.49. The molecule has 76 valence electrons. The second kappa shape index (κ2) is 2.50. The van der Waals surface area contributed by atoms with Gasteiger partial charge < -0.3 is 5.32 Å². The van der Waals surface area contributed by atoms with E-state index in [9.17, 15) is 0 Å². The summed E-state index contributed by atoms with van der Waals surface area (Å²) in [4.78, 5) is 0. The summed E-state index contributed by atoms with van der Waals surface area (Å²) >= 11 is 0. The largest absolute Gasteiger partial charge is 0.311 e. The Kier molecular flexibility index (Phi) is 1.83. The third-order valence-electron chi connectivity index (χ3n) is 4.05. The highest BCUT2D eigenvalue weighted by atomic mass is 15.0. The van der Waals surface area contributed by atoms with E-state index in [0.29, 0.717) is 16.4 Å². The fourth-order valence-electron chi connectivity index (χ4n) is 4.10. The lowest BCUT2D eigenvalue weighted by Gasteiger charge is -2.45. The average Bonchev–Trinajstić information content (AvgIpc) is 2.22. The highest BCUT2D eigenvalue weighted by Crippen LogP contribution is 2.54. The first kappa shape index (κ1) is 9.51. The van der Waals surface area contributed by atoms with Crippen LogP contribution in [0.2, 0.25) is 0 Å². The smallest absolute Gasteiger partial charge is 0.0189 e. The van der Waals surface area contributed by atoms with Gasteiger partial charge in [0.1, 0.15) is 0 Å². The zero-order chi connectivity index (χ0) is 9.74. The highest BCUT2D eigenvalue weighted by Gasteiger charge is 2.52. The molecule has 0 spiro atoms. The first-order chi connectivity index (χ1) is 5.89. The Morgan fingerprint density at radius 2 is 1.77 bits per heavy atom. The third-order valence-corrected chi connectivity index (χ3v) is 4.05. The van der Waals surface area contributed by atoms with Crippen LogP contribution in [0.1, 0.15) is 53.4 Å². The molecule has 1 aliphatic carbocycles. The fourth-order valence-corrected chi connectivity index (χ4v) is 4.10. The van der Waals surface area contributed by atoms with Gasteiger partial charge in [-0.05, 0) is 36.5 Å². The molecular weight excluding hydrogens is 158 g/mol. The highest BCUT2D eigenvalue weighted by molar-refractivity contribution is 5.09. The van der Waals surface area contributed by atoms with Gasteiger partial charge in [0.25, 0.3) is 0 Å². The zero-order valence-corrected chi connectivity index (χ0v) is 9.54. The van der Waals surface area contributed by atoms with Crippen molar-refractivity contribution in [2.24, 2.45) is 10.8 Å². The van der Waals surface area contributed by atoms with E-state index in [4.69, 9.17) is 0 Å². The van der Waals surface area contributed by atoms with Gasteiger partial charge in [-0.2, -0.15) is 0 Å². The van der Waals surface area contributed by atoms with Gasteiger partial charge in [0.2, 0.25) is 0 Å². The quantitative estimate of drug-likeness (QED) is 0.656. The van der Waals surface area contributed by atoms with Crippen molar-refractivity contribution in [1.82, 2.24) is 5.32 Å². The minimum atomic E-state index is 0.483. The van der Waals surface area contributed by atoms with E-state index in [1.54, 1.807) is 0 Å². The van der Waals surface area contributed by atoms with Crippen LogP contribution in [0.25, 0.3) is 0 Å². The molecule has 0 amide bonds. The maximum Gasteiger partial charge on any atom is 0.0189 e. The van der Waals surface area contributed by atoms with Gasteiger partial charge in [0, 0.05) is 12.1 Å². The molecule has 2 fully saturated rings. The van der Waals surface area contributed by atoms with Crippen molar-refractivity contribution in [2.45, 2.75) is 58.9 Å². The van der Waals surface area contributed by atoms with Crippen LogP contribution >= 0.6 is 0 Å². The lowest BCUT2D eigenvalue weighted by atomic mass is 9.60. The third kappa shape index (κ3) is 1.52. The van der Waals surface area contributed by atoms with E-state index < -0.39 is 0 Å². The van der Waals surface area contributed by atoms with Gasteiger partial charge in [-0.15, -0.1) is 0 Å². The molecule has 2 bridgehead atoms. The summed E-state index contributed by atoms with van der Waals surface area (Å²) in [7, 11) is 0. The van der Waals surface area contributed by atoms with Crippen LogP contribution in [0, 0.1) is 10.8 Å². The molecule has 2 atom stereocenters. The van der Waals surface area contributed by atoms with Gasteiger partial charge in [-0.3, -0.25) is 0 Å². The molecule has 13 heavy (non-hydrogen) atoms. The summed E-state index contributed by atoms with van der Waals surface area (Å²) in [5, 5.41) is 3.78. The lowest BCUT2D eigenvalue weighted by molar-refractivity contribution is 0.0879. The summed E-state index contributed by atoms with van der Waals surface area (Å²) in [6.07, 6.45) is 5.47. The van der Waals surface area contributed by atoms with Crippen LogP contribution in [0.15, 0.2) is 0 Å². The molecule has 0 aromatic carbocycles. The van der Waals surface area contributed by atoms with Crippen molar-refractivity contribution in [3.05, 3.63) is 0 Å². The summed E-state index contributed by atoms with van der Waals surface area (Å²) in [6.45, 7) is 10.9. The Hall–Kier alpha value is -0.0400. The lowest BCUT2D eigenvalue weighted by Crippen LogP contribution is -2.45. The van der Waals surface area contributed by atoms with E-state index in [-0.39, 0.29) is 0 Å². The molecule has 1 heteroatoms. The standard InChI is InChI=1S/C12H23N/c1-5-12-7-10(2,3)6-11(4,8-12)9-13-12/h13H,5-9H2,1-4H3. The van der Waals surface area contributed by atoms with Crippen LogP contribution < -0.4 is 5.32 Å². The Bertz CT molecular complexity index is 221. The van der Waals surface area contributed by atoms with Crippen LogP contribution in [0.3, 0.4) is 0 Å². The Morgan fingerprint density at radius 1 is 1.08 bits per heavy atom. The van der Waals surface area contributed by atoms with Gasteiger partial charge in [0.15, 0.2) is 0 Å². The molecule has 0 aromatic rings.